The van der Waals surface area contributed by atoms with Crippen molar-refractivity contribution in [1.29, 1.82) is 0 Å². The standard InChI is InChI=1S/C13H16FN3/c1-10-9-11(5-6-12(10)14)13(16-17-15)7-3-2-4-8-13/h5-6,9H,2-4,7-8H2,1H3. The summed E-state index contributed by atoms with van der Waals surface area (Å²) in [5.74, 6) is -0.208. The molecule has 0 amide bonds. The summed E-state index contributed by atoms with van der Waals surface area (Å²) in [4.78, 5) is 2.99. The Bertz CT molecular complexity index is 458. The lowest BCUT2D eigenvalue weighted by atomic mass is 9.77. The van der Waals surface area contributed by atoms with Crippen LogP contribution in [0.15, 0.2) is 23.3 Å². The molecular formula is C13H16FN3. The van der Waals surface area contributed by atoms with Crippen molar-refractivity contribution in [2.24, 2.45) is 5.11 Å². The van der Waals surface area contributed by atoms with Gasteiger partial charge in [-0.05, 0) is 42.5 Å². The topological polar surface area (TPSA) is 48.8 Å². The van der Waals surface area contributed by atoms with Crippen molar-refractivity contribution in [3.05, 3.63) is 45.6 Å². The summed E-state index contributed by atoms with van der Waals surface area (Å²) in [6.45, 7) is 1.74. The molecule has 0 atom stereocenters. The number of hydrogen-bond donors (Lipinski definition) is 0. The van der Waals surface area contributed by atoms with Crippen LogP contribution < -0.4 is 0 Å². The van der Waals surface area contributed by atoms with Gasteiger partial charge in [0.25, 0.3) is 0 Å². The van der Waals surface area contributed by atoms with Gasteiger partial charge in [-0.2, -0.15) is 0 Å². The van der Waals surface area contributed by atoms with E-state index in [1.807, 2.05) is 6.07 Å². The van der Waals surface area contributed by atoms with Crippen LogP contribution >= 0.6 is 0 Å². The quantitative estimate of drug-likeness (QED) is 0.407. The molecule has 3 nitrogen and oxygen atoms in total. The first kappa shape index (κ1) is 11.9. The highest BCUT2D eigenvalue weighted by Crippen LogP contribution is 2.41. The van der Waals surface area contributed by atoms with Crippen LogP contribution in [0.2, 0.25) is 0 Å². The van der Waals surface area contributed by atoms with Crippen LogP contribution in [0.5, 0.6) is 0 Å². The molecule has 0 aromatic heterocycles. The van der Waals surface area contributed by atoms with Crippen LogP contribution in [0.1, 0.15) is 43.2 Å². The zero-order chi connectivity index (χ0) is 12.3. The second-order valence-corrected chi connectivity index (χ2v) is 4.75. The van der Waals surface area contributed by atoms with E-state index >= 15 is 0 Å². The number of aryl methyl sites for hydroxylation is 1. The average Bonchev–Trinajstić information content (AvgIpc) is 2.34. The molecule has 0 bridgehead atoms. The van der Waals surface area contributed by atoms with E-state index in [0.29, 0.717) is 5.56 Å². The van der Waals surface area contributed by atoms with E-state index in [0.717, 1.165) is 31.2 Å². The van der Waals surface area contributed by atoms with Crippen molar-refractivity contribution in [3.63, 3.8) is 0 Å². The lowest BCUT2D eigenvalue weighted by Crippen LogP contribution is -2.26. The molecule has 0 aliphatic heterocycles. The van der Waals surface area contributed by atoms with Crippen molar-refractivity contribution >= 4 is 0 Å². The van der Waals surface area contributed by atoms with Crippen molar-refractivity contribution in [2.75, 3.05) is 0 Å². The van der Waals surface area contributed by atoms with Crippen LogP contribution in [-0.2, 0) is 5.54 Å². The summed E-state index contributed by atoms with van der Waals surface area (Å²) in [6.07, 6.45) is 5.04. The fourth-order valence-corrected chi connectivity index (χ4v) is 2.60. The summed E-state index contributed by atoms with van der Waals surface area (Å²) in [6, 6.07) is 5.03. The van der Waals surface area contributed by atoms with E-state index in [2.05, 4.69) is 10.0 Å². The van der Waals surface area contributed by atoms with Crippen LogP contribution in [0.3, 0.4) is 0 Å². The van der Waals surface area contributed by atoms with E-state index < -0.39 is 5.54 Å². The zero-order valence-corrected chi connectivity index (χ0v) is 9.99. The fourth-order valence-electron chi connectivity index (χ4n) is 2.60. The molecule has 90 valence electrons. The summed E-state index contributed by atoms with van der Waals surface area (Å²) < 4.78 is 13.3. The fraction of sp³-hybridized carbons (Fsp3) is 0.538. The first-order chi connectivity index (χ1) is 8.18. The molecule has 0 N–H and O–H groups in total. The van der Waals surface area contributed by atoms with Gasteiger partial charge in [-0.1, -0.05) is 36.5 Å². The summed E-state index contributed by atoms with van der Waals surface area (Å²) in [5.41, 5.74) is 9.86. The van der Waals surface area contributed by atoms with E-state index in [4.69, 9.17) is 5.53 Å². The van der Waals surface area contributed by atoms with Gasteiger partial charge in [-0.15, -0.1) is 0 Å². The van der Waals surface area contributed by atoms with E-state index in [9.17, 15) is 4.39 Å². The van der Waals surface area contributed by atoms with Gasteiger partial charge in [0.05, 0.1) is 5.54 Å². The molecule has 1 aliphatic carbocycles. The predicted molar refractivity (Wildman–Crippen MR) is 65.0 cm³/mol. The third kappa shape index (κ3) is 2.27. The van der Waals surface area contributed by atoms with Crippen LogP contribution in [0.4, 0.5) is 4.39 Å². The number of azide groups is 1. The Balaban J connectivity index is 2.44. The molecule has 1 aliphatic rings. The molecule has 0 spiro atoms. The molecule has 0 radical (unpaired) electrons. The third-order valence-corrected chi connectivity index (χ3v) is 3.61. The SMILES string of the molecule is Cc1cc(C2(N=[N+]=[N-])CCCCC2)ccc1F. The summed E-state index contributed by atoms with van der Waals surface area (Å²) in [5, 5.41) is 4.01. The Morgan fingerprint density at radius 3 is 2.59 bits per heavy atom. The maximum absolute atomic E-state index is 13.3. The largest absolute Gasteiger partial charge is 0.207 e. The van der Waals surface area contributed by atoms with Crippen molar-refractivity contribution in [1.82, 2.24) is 0 Å². The van der Waals surface area contributed by atoms with Gasteiger partial charge in [0, 0.05) is 4.91 Å². The minimum Gasteiger partial charge on any atom is -0.207 e. The number of hydrogen-bond acceptors (Lipinski definition) is 1. The minimum atomic E-state index is -0.453. The zero-order valence-electron chi connectivity index (χ0n) is 9.99. The molecule has 1 fully saturated rings. The van der Waals surface area contributed by atoms with Gasteiger partial charge in [0.15, 0.2) is 0 Å². The van der Waals surface area contributed by atoms with Crippen LogP contribution in [0, 0.1) is 12.7 Å². The van der Waals surface area contributed by atoms with Gasteiger partial charge >= 0.3 is 0 Å². The van der Waals surface area contributed by atoms with Crippen molar-refractivity contribution < 1.29 is 4.39 Å². The second kappa shape index (κ2) is 4.76. The number of nitrogens with zero attached hydrogens (tertiary/aromatic N) is 3. The van der Waals surface area contributed by atoms with Crippen LogP contribution in [-0.4, -0.2) is 0 Å². The molecule has 1 saturated carbocycles. The predicted octanol–water partition coefficient (Wildman–Crippen LogP) is 4.60. The molecule has 0 unspecified atom stereocenters. The molecule has 0 heterocycles. The highest BCUT2D eigenvalue weighted by molar-refractivity contribution is 5.30. The van der Waals surface area contributed by atoms with Gasteiger partial charge in [0.1, 0.15) is 5.82 Å². The first-order valence-electron chi connectivity index (χ1n) is 6.01. The number of benzene rings is 1. The van der Waals surface area contributed by atoms with Gasteiger partial charge in [0.2, 0.25) is 0 Å². The Morgan fingerprint density at radius 1 is 1.29 bits per heavy atom. The lowest BCUT2D eigenvalue weighted by Gasteiger charge is -2.33. The molecule has 0 saturated heterocycles. The molecular weight excluding hydrogens is 217 g/mol. The highest BCUT2D eigenvalue weighted by Gasteiger charge is 2.33. The Labute approximate surface area is 100 Å². The lowest BCUT2D eigenvalue weighted by molar-refractivity contribution is 0.301. The first-order valence-corrected chi connectivity index (χ1v) is 6.01. The Hall–Kier alpha value is -1.54. The maximum Gasteiger partial charge on any atom is 0.126 e. The summed E-state index contributed by atoms with van der Waals surface area (Å²) in [7, 11) is 0. The van der Waals surface area contributed by atoms with E-state index in [1.54, 1.807) is 13.0 Å². The number of halogens is 1. The smallest absolute Gasteiger partial charge is 0.126 e. The summed E-state index contributed by atoms with van der Waals surface area (Å²) >= 11 is 0. The van der Waals surface area contributed by atoms with Gasteiger partial charge in [-0.25, -0.2) is 4.39 Å². The Kier molecular flexibility index (Phi) is 3.34. The number of rotatable bonds is 2. The van der Waals surface area contributed by atoms with Gasteiger partial charge < -0.3 is 0 Å². The average molecular weight is 233 g/mol. The molecule has 2 rings (SSSR count). The van der Waals surface area contributed by atoms with Gasteiger partial charge in [-0.3, -0.25) is 0 Å². The Morgan fingerprint density at radius 2 is 2.00 bits per heavy atom. The second-order valence-electron chi connectivity index (χ2n) is 4.75. The van der Waals surface area contributed by atoms with Crippen molar-refractivity contribution in [2.45, 2.75) is 44.6 Å². The van der Waals surface area contributed by atoms with E-state index in [-0.39, 0.29) is 5.82 Å². The van der Waals surface area contributed by atoms with Crippen molar-refractivity contribution in [3.8, 4) is 0 Å². The molecule has 17 heavy (non-hydrogen) atoms. The molecule has 1 aromatic carbocycles. The third-order valence-electron chi connectivity index (χ3n) is 3.61. The van der Waals surface area contributed by atoms with Crippen LogP contribution in [0.25, 0.3) is 10.4 Å². The molecule has 1 aromatic rings. The van der Waals surface area contributed by atoms with E-state index in [1.165, 1.54) is 12.5 Å². The highest BCUT2D eigenvalue weighted by atomic mass is 19.1. The minimum absolute atomic E-state index is 0.208. The normalized spacial score (nSPS) is 18.5. The molecule has 4 heteroatoms. The maximum atomic E-state index is 13.3. The monoisotopic (exact) mass is 233 g/mol.